The summed E-state index contributed by atoms with van der Waals surface area (Å²) in [6.45, 7) is 4.80. The fourth-order valence-corrected chi connectivity index (χ4v) is 3.33. The van der Waals surface area contributed by atoms with E-state index in [0.717, 1.165) is 11.3 Å². The Morgan fingerprint density at radius 3 is 2.82 bits per heavy atom. The maximum absolute atomic E-state index is 12.4. The highest BCUT2D eigenvalue weighted by atomic mass is 16.5. The lowest BCUT2D eigenvalue weighted by molar-refractivity contribution is -0.131. The van der Waals surface area contributed by atoms with Crippen LogP contribution in [0.25, 0.3) is 0 Å². The molecule has 2 aromatic rings. The van der Waals surface area contributed by atoms with Gasteiger partial charge in [-0.25, -0.2) is 4.98 Å². The van der Waals surface area contributed by atoms with Crippen LogP contribution < -0.4 is 14.8 Å². The Bertz CT molecular complexity index is 868. The molecule has 1 aliphatic heterocycles. The highest BCUT2D eigenvalue weighted by molar-refractivity contribution is 5.94. The van der Waals surface area contributed by atoms with E-state index in [1.54, 1.807) is 18.1 Å². The molecule has 1 atom stereocenters. The molecule has 148 valence electrons. The number of nitrogens with one attached hydrogen (secondary N) is 1. The molecule has 0 aliphatic carbocycles. The minimum absolute atomic E-state index is 0.0133. The van der Waals surface area contributed by atoms with Crippen molar-refractivity contribution in [3.8, 4) is 11.5 Å². The first-order chi connectivity index (χ1) is 13.5. The average molecular weight is 383 g/mol. The normalized spacial score (nSPS) is 16.2. The highest BCUT2D eigenvalue weighted by Crippen LogP contribution is 2.34. The molecule has 1 aromatic carbocycles. The molecule has 3 rings (SSSR count). The van der Waals surface area contributed by atoms with Crippen LogP contribution in [0.5, 0.6) is 11.5 Å². The Morgan fingerprint density at radius 2 is 2.11 bits per heavy atom. The standard InChI is InChI=1S/C21H25N3O4/c1-4-28-18-10-15(8-9-17(18)27-3)16-11-21(26)24(12-16)13-20(25)23-19-7-5-6-14(2)22-19/h5-10,16H,4,11-13H2,1-3H3,(H,22,23,25). The number of anilines is 1. The Labute approximate surface area is 164 Å². The number of rotatable bonds is 7. The summed E-state index contributed by atoms with van der Waals surface area (Å²) >= 11 is 0. The monoisotopic (exact) mass is 383 g/mol. The lowest BCUT2D eigenvalue weighted by Crippen LogP contribution is -2.34. The van der Waals surface area contributed by atoms with E-state index in [1.807, 2.05) is 44.2 Å². The van der Waals surface area contributed by atoms with E-state index in [2.05, 4.69) is 10.3 Å². The number of aromatic nitrogens is 1. The number of carbonyl (C=O) groups is 2. The van der Waals surface area contributed by atoms with E-state index in [0.29, 0.717) is 36.9 Å². The zero-order valence-corrected chi connectivity index (χ0v) is 16.4. The van der Waals surface area contributed by atoms with Crippen molar-refractivity contribution in [2.45, 2.75) is 26.2 Å². The molecule has 2 heterocycles. The van der Waals surface area contributed by atoms with Gasteiger partial charge in [-0.15, -0.1) is 0 Å². The number of methoxy groups -OCH3 is 1. The molecule has 1 aromatic heterocycles. The fourth-order valence-electron chi connectivity index (χ4n) is 3.33. The maximum Gasteiger partial charge on any atom is 0.245 e. The van der Waals surface area contributed by atoms with Crippen molar-refractivity contribution in [2.75, 3.05) is 32.1 Å². The Balaban J connectivity index is 1.65. The van der Waals surface area contributed by atoms with Gasteiger partial charge in [0.1, 0.15) is 5.82 Å². The number of carbonyl (C=O) groups excluding carboxylic acids is 2. The largest absolute Gasteiger partial charge is 0.493 e. The van der Waals surface area contributed by atoms with Crippen molar-refractivity contribution in [3.05, 3.63) is 47.7 Å². The number of likely N-dealkylation sites (tertiary alicyclic amines) is 1. The van der Waals surface area contributed by atoms with Crippen LogP contribution >= 0.6 is 0 Å². The predicted molar refractivity (Wildman–Crippen MR) is 106 cm³/mol. The Morgan fingerprint density at radius 1 is 1.29 bits per heavy atom. The second-order valence-electron chi connectivity index (χ2n) is 6.73. The number of hydrogen-bond donors (Lipinski definition) is 1. The summed E-state index contributed by atoms with van der Waals surface area (Å²) in [5.41, 5.74) is 1.82. The lowest BCUT2D eigenvalue weighted by atomic mass is 9.98. The number of aryl methyl sites for hydroxylation is 1. The maximum atomic E-state index is 12.4. The second-order valence-corrected chi connectivity index (χ2v) is 6.73. The summed E-state index contributed by atoms with van der Waals surface area (Å²) in [5.74, 6) is 1.55. The predicted octanol–water partition coefficient (Wildman–Crippen LogP) is 2.75. The minimum atomic E-state index is -0.253. The number of nitrogens with zero attached hydrogens (tertiary/aromatic N) is 2. The summed E-state index contributed by atoms with van der Waals surface area (Å²) in [4.78, 5) is 30.6. The first kappa shape index (κ1) is 19.7. The summed E-state index contributed by atoms with van der Waals surface area (Å²) in [6, 6.07) is 11.1. The van der Waals surface area contributed by atoms with Crippen LogP contribution in [0.3, 0.4) is 0 Å². The molecule has 0 radical (unpaired) electrons. The summed E-state index contributed by atoms with van der Waals surface area (Å²) < 4.78 is 10.9. The summed E-state index contributed by atoms with van der Waals surface area (Å²) in [7, 11) is 1.60. The van der Waals surface area contributed by atoms with Crippen LogP contribution in [0.4, 0.5) is 5.82 Å². The highest BCUT2D eigenvalue weighted by Gasteiger charge is 2.32. The molecule has 0 spiro atoms. The summed E-state index contributed by atoms with van der Waals surface area (Å²) in [5, 5.41) is 2.75. The molecule has 1 aliphatic rings. The molecule has 1 saturated heterocycles. The van der Waals surface area contributed by atoms with Crippen LogP contribution in [0.2, 0.25) is 0 Å². The molecule has 1 N–H and O–H groups in total. The Kier molecular flexibility index (Phi) is 6.13. The van der Waals surface area contributed by atoms with Crippen molar-refractivity contribution in [1.29, 1.82) is 0 Å². The molecule has 1 fully saturated rings. The number of benzene rings is 1. The van der Waals surface area contributed by atoms with E-state index >= 15 is 0 Å². The third kappa shape index (κ3) is 4.60. The zero-order valence-electron chi connectivity index (χ0n) is 16.4. The first-order valence-electron chi connectivity index (χ1n) is 9.32. The summed E-state index contributed by atoms with van der Waals surface area (Å²) in [6.07, 6.45) is 0.369. The Hall–Kier alpha value is -3.09. The van der Waals surface area contributed by atoms with Crippen LogP contribution in [0, 0.1) is 6.92 Å². The fraction of sp³-hybridized carbons (Fsp3) is 0.381. The molecule has 28 heavy (non-hydrogen) atoms. The van der Waals surface area contributed by atoms with Crippen molar-refractivity contribution in [1.82, 2.24) is 9.88 Å². The van der Waals surface area contributed by atoms with Gasteiger partial charge >= 0.3 is 0 Å². The van der Waals surface area contributed by atoms with E-state index in [4.69, 9.17) is 9.47 Å². The van der Waals surface area contributed by atoms with E-state index in [9.17, 15) is 9.59 Å². The zero-order chi connectivity index (χ0) is 20.1. The van der Waals surface area contributed by atoms with Gasteiger partial charge in [-0.3, -0.25) is 9.59 Å². The van der Waals surface area contributed by atoms with Gasteiger partial charge in [0.2, 0.25) is 11.8 Å². The minimum Gasteiger partial charge on any atom is -0.493 e. The van der Waals surface area contributed by atoms with Crippen molar-refractivity contribution < 1.29 is 19.1 Å². The molecule has 2 amide bonds. The average Bonchev–Trinajstić information content (AvgIpc) is 3.02. The topological polar surface area (TPSA) is 80.8 Å². The quantitative estimate of drug-likeness (QED) is 0.795. The van der Waals surface area contributed by atoms with Gasteiger partial charge in [0, 0.05) is 24.6 Å². The van der Waals surface area contributed by atoms with Gasteiger partial charge in [0.05, 0.1) is 20.3 Å². The molecular weight excluding hydrogens is 358 g/mol. The third-order valence-corrected chi connectivity index (χ3v) is 4.66. The van der Waals surface area contributed by atoms with Gasteiger partial charge in [-0.05, 0) is 43.7 Å². The molecule has 1 unspecified atom stereocenters. The lowest BCUT2D eigenvalue weighted by Gasteiger charge is -2.17. The second kappa shape index (κ2) is 8.73. The number of hydrogen-bond acceptors (Lipinski definition) is 5. The number of pyridine rings is 1. The first-order valence-corrected chi connectivity index (χ1v) is 9.32. The van der Waals surface area contributed by atoms with Crippen LogP contribution in [0.1, 0.15) is 30.5 Å². The van der Waals surface area contributed by atoms with Crippen LogP contribution in [-0.2, 0) is 9.59 Å². The number of amides is 2. The molecule has 7 nitrogen and oxygen atoms in total. The van der Waals surface area contributed by atoms with E-state index in [-0.39, 0.29) is 24.3 Å². The van der Waals surface area contributed by atoms with Gasteiger partial charge in [-0.1, -0.05) is 12.1 Å². The molecule has 0 saturated carbocycles. The van der Waals surface area contributed by atoms with Crippen molar-refractivity contribution >= 4 is 17.6 Å². The van der Waals surface area contributed by atoms with Crippen LogP contribution in [0.15, 0.2) is 36.4 Å². The SMILES string of the molecule is CCOc1cc(C2CC(=O)N(CC(=O)Nc3cccc(C)n3)C2)ccc1OC. The molecular formula is C21H25N3O4. The smallest absolute Gasteiger partial charge is 0.245 e. The van der Waals surface area contributed by atoms with E-state index < -0.39 is 0 Å². The van der Waals surface area contributed by atoms with Gasteiger partial charge in [0.25, 0.3) is 0 Å². The van der Waals surface area contributed by atoms with Crippen LogP contribution in [-0.4, -0.2) is 48.5 Å². The van der Waals surface area contributed by atoms with Gasteiger partial charge in [0.15, 0.2) is 11.5 Å². The molecule has 7 heteroatoms. The van der Waals surface area contributed by atoms with Gasteiger partial charge in [-0.2, -0.15) is 0 Å². The molecule has 0 bridgehead atoms. The van der Waals surface area contributed by atoms with Crippen molar-refractivity contribution in [2.24, 2.45) is 0 Å². The number of ether oxygens (including phenoxy) is 2. The van der Waals surface area contributed by atoms with Gasteiger partial charge < -0.3 is 19.7 Å². The third-order valence-electron chi connectivity index (χ3n) is 4.66. The van der Waals surface area contributed by atoms with Crippen molar-refractivity contribution in [3.63, 3.8) is 0 Å². The van der Waals surface area contributed by atoms with E-state index in [1.165, 1.54) is 0 Å².